The number of hydrogen-bond donors (Lipinski definition) is 2. The molecule has 8 heteroatoms. The maximum atomic E-state index is 12.5. The predicted molar refractivity (Wildman–Crippen MR) is 87.9 cm³/mol. The van der Waals surface area contributed by atoms with Crippen molar-refractivity contribution in [3.8, 4) is 0 Å². The molecule has 0 aliphatic carbocycles. The van der Waals surface area contributed by atoms with Crippen LogP contribution in [-0.2, 0) is 17.4 Å². The summed E-state index contributed by atoms with van der Waals surface area (Å²) in [6, 6.07) is 4.98. The Labute approximate surface area is 141 Å². The number of anilines is 1. The second-order valence-corrected chi connectivity index (χ2v) is 6.68. The van der Waals surface area contributed by atoms with Gasteiger partial charge in [0.1, 0.15) is 0 Å². The van der Waals surface area contributed by atoms with Crippen LogP contribution in [0, 0.1) is 0 Å². The van der Waals surface area contributed by atoms with Gasteiger partial charge in [-0.25, -0.2) is 4.98 Å². The number of carbonyl (C=O) groups is 1. The molecule has 2 aromatic rings. The van der Waals surface area contributed by atoms with Crippen LogP contribution in [0.3, 0.4) is 0 Å². The number of rotatable bonds is 6. The van der Waals surface area contributed by atoms with E-state index in [9.17, 15) is 18.0 Å². The zero-order valence-electron chi connectivity index (χ0n) is 13.1. The highest BCUT2D eigenvalue weighted by Crippen LogP contribution is 2.29. The molecule has 1 heterocycles. The highest BCUT2D eigenvalue weighted by atomic mass is 32.1. The number of nitrogens with two attached hydrogens (primary N) is 1. The first kappa shape index (κ1) is 18.4. The molecule has 0 saturated heterocycles. The molecular weight excluding hydrogens is 339 g/mol. The van der Waals surface area contributed by atoms with Gasteiger partial charge < -0.3 is 11.1 Å². The van der Waals surface area contributed by atoms with Crippen molar-refractivity contribution in [3.05, 3.63) is 46.5 Å². The van der Waals surface area contributed by atoms with Crippen LogP contribution < -0.4 is 11.1 Å². The fraction of sp³-hybridized carbons (Fsp3) is 0.375. The molecule has 4 nitrogen and oxygen atoms in total. The lowest BCUT2D eigenvalue weighted by Crippen LogP contribution is -2.19. The molecule has 2 rings (SSSR count). The number of benzene rings is 1. The van der Waals surface area contributed by atoms with Crippen LogP contribution >= 0.6 is 11.3 Å². The first-order valence-electron chi connectivity index (χ1n) is 7.40. The molecule has 1 unspecified atom stereocenters. The van der Waals surface area contributed by atoms with Crippen LogP contribution in [0.2, 0.25) is 0 Å². The Kier molecular flexibility index (Phi) is 5.95. The average molecular weight is 357 g/mol. The van der Waals surface area contributed by atoms with Crippen LogP contribution in [0.15, 0.2) is 30.5 Å². The van der Waals surface area contributed by atoms with Crippen LogP contribution in [-0.4, -0.2) is 16.9 Å². The molecule has 1 aromatic heterocycles. The van der Waals surface area contributed by atoms with Crippen LogP contribution in [0.4, 0.5) is 18.3 Å². The third-order valence-corrected chi connectivity index (χ3v) is 4.20. The van der Waals surface area contributed by atoms with E-state index >= 15 is 0 Å². The molecule has 1 amide bonds. The summed E-state index contributed by atoms with van der Waals surface area (Å²) in [5.74, 6) is -0.150. The zero-order valence-corrected chi connectivity index (χ0v) is 13.9. The molecule has 130 valence electrons. The Hall–Kier alpha value is -1.93. The van der Waals surface area contributed by atoms with Crippen molar-refractivity contribution < 1.29 is 18.0 Å². The van der Waals surface area contributed by atoms with Gasteiger partial charge in [-0.15, -0.1) is 11.3 Å². The molecule has 0 aliphatic heterocycles. The van der Waals surface area contributed by atoms with E-state index in [0.29, 0.717) is 24.4 Å². The number of alkyl halides is 3. The Morgan fingerprint density at radius 2 is 2.00 bits per heavy atom. The molecule has 1 aromatic carbocycles. The van der Waals surface area contributed by atoms with E-state index in [-0.39, 0.29) is 11.9 Å². The van der Waals surface area contributed by atoms with Crippen molar-refractivity contribution in [3.63, 3.8) is 0 Å². The van der Waals surface area contributed by atoms with Gasteiger partial charge in [-0.2, -0.15) is 13.2 Å². The molecular formula is C16H18F3N3OS. The van der Waals surface area contributed by atoms with Gasteiger partial charge in [0.2, 0.25) is 5.91 Å². The Bertz CT molecular complexity index is 681. The Morgan fingerprint density at radius 3 is 2.58 bits per heavy atom. The number of halogens is 3. The summed E-state index contributed by atoms with van der Waals surface area (Å²) in [6.45, 7) is 1.83. The van der Waals surface area contributed by atoms with Gasteiger partial charge >= 0.3 is 6.18 Å². The lowest BCUT2D eigenvalue weighted by atomic mass is 10.1. The number of thiazole rings is 1. The van der Waals surface area contributed by atoms with Gasteiger partial charge in [0, 0.05) is 30.0 Å². The van der Waals surface area contributed by atoms with Gasteiger partial charge in [0.15, 0.2) is 5.13 Å². The lowest BCUT2D eigenvalue weighted by Gasteiger charge is -2.07. The van der Waals surface area contributed by atoms with E-state index in [4.69, 9.17) is 5.73 Å². The first-order chi connectivity index (χ1) is 11.2. The minimum absolute atomic E-state index is 0.0396. The van der Waals surface area contributed by atoms with E-state index < -0.39 is 11.7 Å². The number of carbonyl (C=O) groups excluding carboxylic acids is 1. The molecule has 0 radical (unpaired) electrons. The van der Waals surface area contributed by atoms with Gasteiger partial charge in [-0.05, 0) is 31.0 Å². The summed E-state index contributed by atoms with van der Waals surface area (Å²) < 4.78 is 37.6. The summed E-state index contributed by atoms with van der Waals surface area (Å²) in [4.78, 5) is 16.7. The maximum Gasteiger partial charge on any atom is 0.416 e. The smallest absolute Gasteiger partial charge is 0.328 e. The number of hydrogen-bond acceptors (Lipinski definition) is 4. The third-order valence-electron chi connectivity index (χ3n) is 3.29. The summed E-state index contributed by atoms with van der Waals surface area (Å²) in [5.41, 5.74) is 5.68. The molecule has 0 spiro atoms. The normalized spacial score (nSPS) is 12.9. The molecule has 1 atom stereocenters. The van der Waals surface area contributed by atoms with E-state index in [1.165, 1.54) is 23.5 Å². The number of aromatic nitrogens is 1. The van der Waals surface area contributed by atoms with Crippen molar-refractivity contribution in [1.29, 1.82) is 0 Å². The minimum Gasteiger partial charge on any atom is -0.328 e. The summed E-state index contributed by atoms with van der Waals surface area (Å²) in [5, 5.41) is 3.17. The van der Waals surface area contributed by atoms with Crippen LogP contribution in [0.5, 0.6) is 0 Å². The quantitative estimate of drug-likeness (QED) is 0.826. The SMILES string of the molecule is CC(N)CCC(=O)Nc1ncc(Cc2ccc(C(F)(F)F)cc2)s1. The van der Waals surface area contributed by atoms with Crippen molar-refractivity contribution in [2.45, 2.75) is 38.4 Å². The number of amides is 1. The highest BCUT2D eigenvalue weighted by molar-refractivity contribution is 7.15. The highest BCUT2D eigenvalue weighted by Gasteiger charge is 2.29. The second kappa shape index (κ2) is 7.76. The molecule has 0 bridgehead atoms. The standard InChI is InChI=1S/C16H18F3N3OS/c1-10(20)2-7-14(23)22-15-21-9-13(24-15)8-11-3-5-12(6-4-11)16(17,18)19/h3-6,9-10H,2,7-8,20H2,1H3,(H,21,22,23). The van der Waals surface area contributed by atoms with E-state index in [1.807, 2.05) is 6.92 Å². The molecule has 0 aliphatic rings. The van der Waals surface area contributed by atoms with Crippen LogP contribution in [0.25, 0.3) is 0 Å². The average Bonchev–Trinajstić information content (AvgIpc) is 2.92. The fourth-order valence-electron chi connectivity index (χ4n) is 2.00. The number of nitrogens with zero attached hydrogens (tertiary/aromatic N) is 1. The summed E-state index contributed by atoms with van der Waals surface area (Å²) >= 11 is 1.30. The van der Waals surface area contributed by atoms with Gasteiger partial charge in [0.25, 0.3) is 0 Å². The molecule has 0 fully saturated rings. The minimum atomic E-state index is -4.33. The lowest BCUT2D eigenvalue weighted by molar-refractivity contribution is -0.137. The number of nitrogens with one attached hydrogen (secondary N) is 1. The van der Waals surface area contributed by atoms with Gasteiger partial charge in [0.05, 0.1) is 5.56 Å². The first-order valence-corrected chi connectivity index (χ1v) is 8.22. The zero-order chi connectivity index (χ0) is 17.7. The fourth-order valence-corrected chi connectivity index (χ4v) is 2.86. The monoisotopic (exact) mass is 357 g/mol. The van der Waals surface area contributed by atoms with Crippen molar-refractivity contribution in [2.24, 2.45) is 5.73 Å². The van der Waals surface area contributed by atoms with Gasteiger partial charge in [-0.3, -0.25) is 4.79 Å². The van der Waals surface area contributed by atoms with E-state index in [1.54, 1.807) is 6.20 Å². The Morgan fingerprint density at radius 1 is 1.33 bits per heavy atom. The van der Waals surface area contributed by atoms with Crippen molar-refractivity contribution in [1.82, 2.24) is 4.98 Å². The van der Waals surface area contributed by atoms with E-state index in [0.717, 1.165) is 22.6 Å². The van der Waals surface area contributed by atoms with Gasteiger partial charge in [-0.1, -0.05) is 12.1 Å². The third kappa shape index (κ3) is 5.61. The van der Waals surface area contributed by atoms with Crippen molar-refractivity contribution >= 4 is 22.4 Å². The van der Waals surface area contributed by atoms with Crippen LogP contribution in [0.1, 0.15) is 35.8 Å². The molecule has 0 saturated carbocycles. The van der Waals surface area contributed by atoms with E-state index in [2.05, 4.69) is 10.3 Å². The largest absolute Gasteiger partial charge is 0.416 e. The molecule has 24 heavy (non-hydrogen) atoms. The Balaban J connectivity index is 1.92. The summed E-state index contributed by atoms with van der Waals surface area (Å²) in [7, 11) is 0. The summed E-state index contributed by atoms with van der Waals surface area (Å²) in [6.07, 6.45) is -1.34. The second-order valence-electron chi connectivity index (χ2n) is 5.57. The van der Waals surface area contributed by atoms with Crippen molar-refractivity contribution in [2.75, 3.05) is 5.32 Å². The maximum absolute atomic E-state index is 12.5. The topological polar surface area (TPSA) is 68.0 Å². The predicted octanol–water partition coefficient (Wildman–Crippen LogP) is 3.82. The molecule has 3 N–H and O–H groups in total.